The lowest BCUT2D eigenvalue weighted by molar-refractivity contribution is 0.0526. The largest absolute Gasteiger partial charge is 0.489 e. The highest BCUT2D eigenvalue weighted by atomic mass is 35.5. The highest BCUT2D eigenvalue weighted by molar-refractivity contribution is 6.31. The van der Waals surface area contributed by atoms with Gasteiger partial charge in [0.25, 0.3) is 0 Å². The van der Waals surface area contributed by atoms with E-state index in [1.54, 1.807) is 31.2 Å². The minimum Gasteiger partial charge on any atom is -0.489 e. The van der Waals surface area contributed by atoms with Gasteiger partial charge in [0.05, 0.1) is 17.2 Å². The minimum absolute atomic E-state index is 0.0533. The van der Waals surface area contributed by atoms with E-state index in [0.29, 0.717) is 35.1 Å². The van der Waals surface area contributed by atoms with E-state index in [1.807, 2.05) is 36.4 Å². The number of nitrogens with one attached hydrogen (secondary N) is 1. The summed E-state index contributed by atoms with van der Waals surface area (Å²) in [6, 6.07) is 19.2. The second-order valence-corrected chi connectivity index (χ2v) is 6.69. The molecule has 3 aromatic rings. The lowest BCUT2D eigenvalue weighted by Gasteiger charge is -2.11. The quantitative estimate of drug-likeness (QED) is 0.471. The van der Waals surface area contributed by atoms with Gasteiger partial charge < -0.3 is 14.8 Å². The van der Waals surface area contributed by atoms with Crippen LogP contribution in [-0.4, -0.2) is 12.6 Å². The standard InChI is InChI=1S/C23H21ClFNO3/c1-2-28-23(27)17-9-11-18(12-10-17)26-14-16-5-3-6-19(13-16)29-15-20-21(24)7-4-8-22(20)25/h3-13,26H,2,14-15H2,1H3. The fourth-order valence-corrected chi connectivity index (χ4v) is 2.93. The van der Waals surface area contributed by atoms with Crippen LogP contribution in [0.1, 0.15) is 28.4 Å². The van der Waals surface area contributed by atoms with Crippen LogP contribution in [0, 0.1) is 5.82 Å². The third kappa shape index (κ3) is 5.72. The van der Waals surface area contributed by atoms with Crippen LogP contribution < -0.4 is 10.1 Å². The Bertz CT molecular complexity index is 956. The van der Waals surface area contributed by atoms with Gasteiger partial charge in [-0.2, -0.15) is 0 Å². The van der Waals surface area contributed by atoms with Crippen LogP contribution in [0.15, 0.2) is 66.7 Å². The SMILES string of the molecule is CCOC(=O)c1ccc(NCc2cccc(OCc3c(F)cccc3Cl)c2)cc1. The lowest BCUT2D eigenvalue weighted by Crippen LogP contribution is -2.05. The van der Waals surface area contributed by atoms with Crippen molar-refractivity contribution in [2.24, 2.45) is 0 Å². The lowest BCUT2D eigenvalue weighted by atomic mass is 10.2. The number of esters is 1. The van der Waals surface area contributed by atoms with Crippen molar-refractivity contribution < 1.29 is 18.7 Å². The van der Waals surface area contributed by atoms with Gasteiger partial charge in [-0.1, -0.05) is 29.8 Å². The molecule has 0 aliphatic heterocycles. The predicted molar refractivity (Wildman–Crippen MR) is 112 cm³/mol. The molecule has 4 nitrogen and oxygen atoms in total. The molecule has 0 unspecified atom stereocenters. The summed E-state index contributed by atoms with van der Waals surface area (Å²) >= 11 is 6.03. The van der Waals surface area contributed by atoms with Crippen molar-refractivity contribution in [3.05, 3.63) is 94.3 Å². The molecule has 3 aromatic carbocycles. The van der Waals surface area contributed by atoms with E-state index in [9.17, 15) is 9.18 Å². The first-order chi connectivity index (χ1) is 14.1. The molecule has 0 aliphatic carbocycles. The average Bonchev–Trinajstić information content (AvgIpc) is 2.73. The summed E-state index contributed by atoms with van der Waals surface area (Å²) in [6.07, 6.45) is 0. The zero-order valence-corrected chi connectivity index (χ0v) is 16.7. The second-order valence-electron chi connectivity index (χ2n) is 6.29. The summed E-state index contributed by atoms with van der Waals surface area (Å²) in [5.41, 5.74) is 2.72. The number of carbonyl (C=O) groups excluding carboxylic acids is 1. The molecule has 6 heteroatoms. The number of benzene rings is 3. The van der Waals surface area contributed by atoms with E-state index in [0.717, 1.165) is 11.3 Å². The summed E-state index contributed by atoms with van der Waals surface area (Å²) in [5, 5.41) is 3.63. The van der Waals surface area contributed by atoms with Crippen LogP contribution in [0.4, 0.5) is 10.1 Å². The first-order valence-corrected chi connectivity index (χ1v) is 9.60. The number of ether oxygens (including phenoxy) is 2. The summed E-state index contributed by atoms with van der Waals surface area (Å²) in [5.74, 6) is -0.0956. The van der Waals surface area contributed by atoms with Crippen LogP contribution in [0.25, 0.3) is 0 Å². The van der Waals surface area contributed by atoms with E-state index < -0.39 is 0 Å². The van der Waals surface area contributed by atoms with Crippen LogP contribution in [-0.2, 0) is 17.9 Å². The molecule has 0 heterocycles. The van der Waals surface area contributed by atoms with Crippen molar-refractivity contribution in [2.75, 3.05) is 11.9 Å². The first-order valence-electron chi connectivity index (χ1n) is 9.22. The van der Waals surface area contributed by atoms with Gasteiger partial charge in [-0.05, 0) is 61.0 Å². The topological polar surface area (TPSA) is 47.6 Å². The highest BCUT2D eigenvalue weighted by Gasteiger charge is 2.08. The van der Waals surface area contributed by atoms with E-state index in [1.165, 1.54) is 6.07 Å². The molecular formula is C23H21ClFNO3. The van der Waals surface area contributed by atoms with Crippen LogP contribution in [0.5, 0.6) is 5.75 Å². The smallest absolute Gasteiger partial charge is 0.338 e. The van der Waals surface area contributed by atoms with E-state index in [4.69, 9.17) is 21.1 Å². The molecule has 150 valence electrons. The normalized spacial score (nSPS) is 10.4. The van der Waals surface area contributed by atoms with Crippen molar-refractivity contribution in [3.8, 4) is 5.75 Å². The first kappa shape index (κ1) is 20.7. The van der Waals surface area contributed by atoms with E-state index in [2.05, 4.69) is 5.32 Å². The van der Waals surface area contributed by atoms with Crippen molar-refractivity contribution in [1.82, 2.24) is 0 Å². The van der Waals surface area contributed by atoms with Gasteiger partial charge in [-0.15, -0.1) is 0 Å². The molecule has 0 radical (unpaired) electrons. The number of hydrogen-bond acceptors (Lipinski definition) is 4. The van der Waals surface area contributed by atoms with Gasteiger partial charge in [-0.3, -0.25) is 0 Å². The van der Waals surface area contributed by atoms with Crippen molar-refractivity contribution in [3.63, 3.8) is 0 Å². The summed E-state index contributed by atoms with van der Waals surface area (Å²) in [4.78, 5) is 11.7. The Morgan fingerprint density at radius 1 is 1.07 bits per heavy atom. The van der Waals surface area contributed by atoms with Gasteiger partial charge in [0.2, 0.25) is 0 Å². The molecule has 0 saturated carbocycles. The third-order valence-electron chi connectivity index (χ3n) is 4.24. The fraction of sp³-hybridized carbons (Fsp3) is 0.174. The Balaban J connectivity index is 1.58. The second kappa shape index (κ2) is 9.94. The Morgan fingerprint density at radius 3 is 2.55 bits per heavy atom. The minimum atomic E-state index is -0.387. The Hall–Kier alpha value is -3.05. The van der Waals surface area contributed by atoms with Gasteiger partial charge >= 0.3 is 5.97 Å². The molecule has 0 aliphatic rings. The molecule has 0 aromatic heterocycles. The van der Waals surface area contributed by atoms with Crippen molar-refractivity contribution in [2.45, 2.75) is 20.1 Å². The number of hydrogen-bond donors (Lipinski definition) is 1. The number of halogens is 2. The Labute approximate surface area is 174 Å². The number of anilines is 1. The van der Waals surface area contributed by atoms with Crippen LogP contribution >= 0.6 is 11.6 Å². The number of rotatable bonds is 8. The average molecular weight is 414 g/mol. The van der Waals surface area contributed by atoms with Gasteiger partial charge in [-0.25, -0.2) is 9.18 Å². The maximum absolute atomic E-state index is 13.9. The molecule has 0 spiro atoms. The molecule has 0 saturated heterocycles. The Kier molecular flexibility index (Phi) is 7.09. The maximum Gasteiger partial charge on any atom is 0.338 e. The number of carbonyl (C=O) groups is 1. The van der Waals surface area contributed by atoms with Crippen LogP contribution in [0.2, 0.25) is 5.02 Å². The summed E-state index contributed by atoms with van der Waals surface area (Å²) in [6.45, 7) is 2.74. The highest BCUT2D eigenvalue weighted by Crippen LogP contribution is 2.22. The summed E-state index contributed by atoms with van der Waals surface area (Å²) in [7, 11) is 0. The molecule has 0 amide bonds. The molecule has 1 N–H and O–H groups in total. The van der Waals surface area contributed by atoms with Crippen molar-refractivity contribution >= 4 is 23.3 Å². The van der Waals surface area contributed by atoms with E-state index >= 15 is 0 Å². The van der Waals surface area contributed by atoms with Crippen LogP contribution in [0.3, 0.4) is 0 Å². The molecule has 3 rings (SSSR count). The van der Waals surface area contributed by atoms with Crippen molar-refractivity contribution in [1.29, 1.82) is 0 Å². The maximum atomic E-state index is 13.9. The Morgan fingerprint density at radius 2 is 1.83 bits per heavy atom. The third-order valence-corrected chi connectivity index (χ3v) is 4.59. The monoisotopic (exact) mass is 413 g/mol. The predicted octanol–water partition coefficient (Wildman–Crippen LogP) is 5.85. The van der Waals surface area contributed by atoms with Gasteiger partial charge in [0.1, 0.15) is 18.2 Å². The van der Waals surface area contributed by atoms with Gasteiger partial charge in [0.15, 0.2) is 0 Å². The molecule has 0 fully saturated rings. The molecular weight excluding hydrogens is 393 g/mol. The molecule has 0 atom stereocenters. The van der Waals surface area contributed by atoms with Gasteiger partial charge in [0, 0.05) is 17.8 Å². The fourth-order valence-electron chi connectivity index (χ4n) is 2.71. The molecule has 0 bridgehead atoms. The summed E-state index contributed by atoms with van der Waals surface area (Å²) < 4.78 is 24.5. The zero-order chi connectivity index (χ0) is 20.6. The van der Waals surface area contributed by atoms with E-state index in [-0.39, 0.29) is 18.4 Å². The zero-order valence-electron chi connectivity index (χ0n) is 16.0. The molecule has 29 heavy (non-hydrogen) atoms.